The molecule has 0 saturated carbocycles. The van der Waals surface area contributed by atoms with Crippen molar-refractivity contribution in [2.24, 2.45) is 5.73 Å². The van der Waals surface area contributed by atoms with Crippen molar-refractivity contribution in [1.29, 1.82) is 0 Å². The van der Waals surface area contributed by atoms with E-state index in [0.29, 0.717) is 11.1 Å². The molecule has 1 heterocycles. The van der Waals surface area contributed by atoms with Crippen LogP contribution in [-0.2, 0) is 6.18 Å². The van der Waals surface area contributed by atoms with Crippen LogP contribution in [0.1, 0.15) is 41.5 Å². The number of nitrogens with zero attached hydrogens (tertiary/aromatic N) is 1. The summed E-state index contributed by atoms with van der Waals surface area (Å²) in [4.78, 5) is 3.78. The molecule has 1 aromatic heterocycles. The highest BCUT2D eigenvalue weighted by atomic mass is 19.4. The standard InChI is InChI=1S/C15H15F3N2O/c1-9(21)10-4-6-11(7-5-10)13(19)14-12(15(16,17)18)3-2-8-20-14/h2-9,13,21H,19H2,1H3/t9?,13-/m0/s1. The van der Waals surface area contributed by atoms with Gasteiger partial charge in [0.25, 0.3) is 0 Å². The third kappa shape index (κ3) is 3.40. The molecule has 6 heteroatoms. The molecule has 0 bridgehead atoms. The van der Waals surface area contributed by atoms with Gasteiger partial charge in [0, 0.05) is 6.20 Å². The van der Waals surface area contributed by atoms with Gasteiger partial charge >= 0.3 is 6.18 Å². The molecule has 0 aliphatic carbocycles. The van der Waals surface area contributed by atoms with Gasteiger partial charge in [0.05, 0.1) is 23.4 Å². The summed E-state index contributed by atoms with van der Waals surface area (Å²) in [6.07, 6.45) is -3.86. The number of hydrogen-bond donors (Lipinski definition) is 2. The molecule has 2 atom stereocenters. The van der Waals surface area contributed by atoms with Crippen molar-refractivity contribution in [3.63, 3.8) is 0 Å². The van der Waals surface area contributed by atoms with E-state index < -0.39 is 23.9 Å². The summed E-state index contributed by atoms with van der Waals surface area (Å²) >= 11 is 0. The molecular weight excluding hydrogens is 281 g/mol. The van der Waals surface area contributed by atoms with E-state index in [1.54, 1.807) is 31.2 Å². The van der Waals surface area contributed by atoms with Crippen molar-refractivity contribution >= 4 is 0 Å². The van der Waals surface area contributed by atoms with Gasteiger partial charge in [-0.3, -0.25) is 4.98 Å². The average Bonchev–Trinajstić information content (AvgIpc) is 2.45. The highest BCUT2D eigenvalue weighted by Gasteiger charge is 2.35. The molecule has 112 valence electrons. The summed E-state index contributed by atoms with van der Waals surface area (Å²) in [5.74, 6) is 0. The van der Waals surface area contributed by atoms with Crippen LogP contribution < -0.4 is 5.73 Å². The minimum absolute atomic E-state index is 0.213. The summed E-state index contributed by atoms with van der Waals surface area (Å²) in [5, 5.41) is 9.43. The van der Waals surface area contributed by atoms with Gasteiger partial charge < -0.3 is 10.8 Å². The Morgan fingerprint density at radius 2 is 1.67 bits per heavy atom. The van der Waals surface area contributed by atoms with E-state index in [1.165, 1.54) is 12.3 Å². The van der Waals surface area contributed by atoms with E-state index in [0.717, 1.165) is 6.07 Å². The highest BCUT2D eigenvalue weighted by Crippen LogP contribution is 2.34. The average molecular weight is 296 g/mol. The van der Waals surface area contributed by atoms with Gasteiger partial charge in [-0.2, -0.15) is 13.2 Å². The first-order valence-corrected chi connectivity index (χ1v) is 6.36. The Morgan fingerprint density at radius 3 is 2.19 bits per heavy atom. The van der Waals surface area contributed by atoms with E-state index in [4.69, 9.17) is 5.73 Å². The number of aromatic nitrogens is 1. The SMILES string of the molecule is CC(O)c1ccc([C@H](N)c2ncccc2C(F)(F)F)cc1. The molecule has 21 heavy (non-hydrogen) atoms. The van der Waals surface area contributed by atoms with Crippen LogP contribution in [0.4, 0.5) is 13.2 Å². The Labute approximate surface area is 120 Å². The van der Waals surface area contributed by atoms with Crippen LogP contribution in [0.5, 0.6) is 0 Å². The quantitative estimate of drug-likeness (QED) is 0.914. The number of hydrogen-bond acceptors (Lipinski definition) is 3. The predicted molar refractivity (Wildman–Crippen MR) is 72.3 cm³/mol. The first-order chi connectivity index (χ1) is 9.80. The highest BCUT2D eigenvalue weighted by molar-refractivity contribution is 5.35. The molecular formula is C15H15F3N2O. The van der Waals surface area contributed by atoms with Crippen molar-refractivity contribution in [2.45, 2.75) is 25.2 Å². The number of aliphatic hydroxyl groups excluding tert-OH is 1. The van der Waals surface area contributed by atoms with E-state index in [2.05, 4.69) is 4.98 Å². The normalized spacial score (nSPS) is 14.8. The molecule has 1 aromatic carbocycles. The first-order valence-electron chi connectivity index (χ1n) is 6.36. The van der Waals surface area contributed by atoms with Crippen LogP contribution >= 0.6 is 0 Å². The number of nitrogens with two attached hydrogens (primary N) is 1. The van der Waals surface area contributed by atoms with E-state index >= 15 is 0 Å². The van der Waals surface area contributed by atoms with Gasteiger partial charge in [-0.15, -0.1) is 0 Å². The molecule has 2 aromatic rings. The summed E-state index contributed by atoms with van der Waals surface area (Å²) in [6.45, 7) is 1.61. The Morgan fingerprint density at radius 1 is 1.10 bits per heavy atom. The number of halogens is 3. The van der Waals surface area contributed by atoms with Crippen LogP contribution in [-0.4, -0.2) is 10.1 Å². The summed E-state index contributed by atoms with van der Waals surface area (Å²) in [5.41, 5.74) is 6.04. The Bertz CT molecular complexity index is 609. The lowest BCUT2D eigenvalue weighted by Gasteiger charge is -2.17. The van der Waals surface area contributed by atoms with Crippen LogP contribution in [0.2, 0.25) is 0 Å². The third-order valence-electron chi connectivity index (χ3n) is 3.22. The Balaban J connectivity index is 2.38. The summed E-state index contributed by atoms with van der Waals surface area (Å²) in [7, 11) is 0. The van der Waals surface area contributed by atoms with E-state index in [1.807, 2.05) is 0 Å². The molecule has 0 spiro atoms. The molecule has 0 saturated heterocycles. The smallest absolute Gasteiger partial charge is 0.389 e. The maximum atomic E-state index is 13.0. The number of aliphatic hydroxyl groups is 1. The maximum Gasteiger partial charge on any atom is 0.418 e. The zero-order valence-corrected chi connectivity index (χ0v) is 11.3. The van der Waals surface area contributed by atoms with Gasteiger partial charge in [-0.25, -0.2) is 0 Å². The summed E-state index contributed by atoms with van der Waals surface area (Å²) in [6, 6.07) is 7.68. The van der Waals surface area contributed by atoms with Gasteiger partial charge in [-0.1, -0.05) is 24.3 Å². The van der Waals surface area contributed by atoms with Crippen molar-refractivity contribution in [2.75, 3.05) is 0 Å². The number of rotatable bonds is 3. The molecule has 0 aliphatic heterocycles. The second-order valence-corrected chi connectivity index (χ2v) is 4.75. The fourth-order valence-electron chi connectivity index (χ4n) is 2.04. The third-order valence-corrected chi connectivity index (χ3v) is 3.22. The maximum absolute atomic E-state index is 13.0. The zero-order chi connectivity index (χ0) is 15.6. The Kier molecular flexibility index (Phi) is 4.29. The number of pyridine rings is 1. The topological polar surface area (TPSA) is 59.1 Å². The first kappa shape index (κ1) is 15.5. The van der Waals surface area contributed by atoms with Crippen molar-refractivity contribution in [3.05, 3.63) is 65.0 Å². The summed E-state index contributed by atoms with van der Waals surface area (Å²) < 4.78 is 38.9. The van der Waals surface area contributed by atoms with E-state index in [-0.39, 0.29) is 5.69 Å². The second kappa shape index (κ2) is 5.83. The van der Waals surface area contributed by atoms with Crippen LogP contribution in [0.15, 0.2) is 42.6 Å². The fourth-order valence-corrected chi connectivity index (χ4v) is 2.04. The number of benzene rings is 1. The second-order valence-electron chi connectivity index (χ2n) is 4.75. The van der Waals surface area contributed by atoms with E-state index in [9.17, 15) is 18.3 Å². The lowest BCUT2D eigenvalue weighted by Crippen LogP contribution is -2.20. The van der Waals surface area contributed by atoms with Crippen molar-refractivity contribution < 1.29 is 18.3 Å². The largest absolute Gasteiger partial charge is 0.418 e. The molecule has 0 fully saturated rings. The van der Waals surface area contributed by atoms with Gasteiger partial charge in [0.1, 0.15) is 0 Å². The Hall–Kier alpha value is -1.92. The molecule has 0 aliphatic rings. The zero-order valence-electron chi connectivity index (χ0n) is 11.3. The molecule has 1 unspecified atom stereocenters. The van der Waals surface area contributed by atoms with Crippen LogP contribution in [0, 0.1) is 0 Å². The molecule has 3 nitrogen and oxygen atoms in total. The van der Waals surface area contributed by atoms with Crippen molar-refractivity contribution in [3.8, 4) is 0 Å². The molecule has 0 amide bonds. The monoisotopic (exact) mass is 296 g/mol. The van der Waals surface area contributed by atoms with Gasteiger partial charge in [0.15, 0.2) is 0 Å². The van der Waals surface area contributed by atoms with Gasteiger partial charge in [-0.05, 0) is 30.2 Å². The fraction of sp³-hybridized carbons (Fsp3) is 0.267. The number of alkyl halides is 3. The lowest BCUT2D eigenvalue weighted by molar-refractivity contribution is -0.138. The molecule has 3 N–H and O–H groups in total. The van der Waals surface area contributed by atoms with Crippen LogP contribution in [0.3, 0.4) is 0 Å². The lowest BCUT2D eigenvalue weighted by atomic mass is 9.98. The van der Waals surface area contributed by atoms with Gasteiger partial charge in [0.2, 0.25) is 0 Å². The predicted octanol–water partition coefficient (Wildman–Crippen LogP) is 3.20. The molecule has 0 radical (unpaired) electrons. The minimum atomic E-state index is -4.50. The minimum Gasteiger partial charge on any atom is -0.389 e. The van der Waals surface area contributed by atoms with Crippen molar-refractivity contribution in [1.82, 2.24) is 4.98 Å². The molecule has 2 rings (SSSR count). The van der Waals surface area contributed by atoms with Crippen LogP contribution in [0.25, 0.3) is 0 Å².